The second kappa shape index (κ2) is 7.61. The zero-order valence-electron chi connectivity index (χ0n) is 12.2. The molecule has 0 spiro atoms. The van der Waals surface area contributed by atoms with Gasteiger partial charge in [0.25, 0.3) is 0 Å². The minimum Gasteiger partial charge on any atom is -0.349 e. The van der Waals surface area contributed by atoms with E-state index in [1.54, 1.807) is 24.3 Å². The minimum atomic E-state index is -0.356. The number of hydrogen-bond donors (Lipinski definition) is 2. The van der Waals surface area contributed by atoms with Gasteiger partial charge in [-0.3, -0.25) is 9.59 Å². The number of halogens is 1. The lowest BCUT2D eigenvalue weighted by atomic mass is 10.0. The normalized spacial score (nSPS) is 11.5. The van der Waals surface area contributed by atoms with Crippen molar-refractivity contribution in [1.82, 2.24) is 5.32 Å². The smallest absolute Gasteiger partial charge is 0.226 e. The van der Waals surface area contributed by atoms with Gasteiger partial charge in [0.05, 0.1) is 12.5 Å². The molecule has 2 amide bonds. The van der Waals surface area contributed by atoms with Crippen LogP contribution in [0.25, 0.3) is 0 Å². The van der Waals surface area contributed by atoms with Crippen molar-refractivity contribution in [1.29, 1.82) is 0 Å². The van der Waals surface area contributed by atoms with Crippen molar-refractivity contribution in [2.75, 3.05) is 5.32 Å². The van der Waals surface area contributed by atoms with Gasteiger partial charge in [-0.05, 0) is 29.8 Å². The summed E-state index contributed by atoms with van der Waals surface area (Å²) < 4.78 is 0. The molecule has 4 nitrogen and oxygen atoms in total. The number of benzene rings is 2. The maximum Gasteiger partial charge on any atom is 0.226 e. The van der Waals surface area contributed by atoms with E-state index >= 15 is 0 Å². The summed E-state index contributed by atoms with van der Waals surface area (Å²) >= 11 is 5.81. The Bertz CT molecular complexity index is 641. The Hall–Kier alpha value is -2.33. The Morgan fingerprint density at radius 1 is 1.05 bits per heavy atom. The first-order valence-corrected chi connectivity index (χ1v) is 7.30. The molecule has 0 heterocycles. The van der Waals surface area contributed by atoms with Crippen LogP contribution in [0.2, 0.25) is 5.02 Å². The fourth-order valence-corrected chi connectivity index (χ4v) is 2.24. The Morgan fingerprint density at radius 2 is 1.68 bits per heavy atom. The van der Waals surface area contributed by atoms with Crippen LogP contribution in [0.5, 0.6) is 0 Å². The van der Waals surface area contributed by atoms with E-state index in [1.807, 2.05) is 30.3 Å². The van der Waals surface area contributed by atoms with Gasteiger partial charge in [-0.15, -0.1) is 0 Å². The van der Waals surface area contributed by atoms with Gasteiger partial charge >= 0.3 is 0 Å². The first-order valence-electron chi connectivity index (χ1n) is 6.92. The molecule has 0 aliphatic rings. The maximum absolute atomic E-state index is 12.2. The van der Waals surface area contributed by atoms with Gasteiger partial charge in [0.15, 0.2) is 0 Å². The van der Waals surface area contributed by atoms with Crippen LogP contribution in [0, 0.1) is 0 Å². The van der Waals surface area contributed by atoms with E-state index in [9.17, 15) is 9.59 Å². The number of anilines is 1. The number of rotatable bonds is 5. The standard InChI is InChI=1S/C17H17ClN2O2/c1-12(21)19-16(13-5-3-2-4-6-13)11-17(22)20-15-9-7-14(18)8-10-15/h2-10,16H,11H2,1H3,(H,19,21)(H,20,22)/t16-/m1/s1. The van der Waals surface area contributed by atoms with Crippen molar-refractivity contribution in [2.45, 2.75) is 19.4 Å². The third-order valence-electron chi connectivity index (χ3n) is 3.10. The number of carbonyl (C=O) groups excluding carboxylic acids is 2. The van der Waals surface area contributed by atoms with Gasteiger partial charge in [-0.25, -0.2) is 0 Å². The largest absolute Gasteiger partial charge is 0.349 e. The summed E-state index contributed by atoms with van der Waals surface area (Å²) in [5.74, 6) is -0.349. The molecule has 2 N–H and O–H groups in total. The lowest BCUT2D eigenvalue weighted by Crippen LogP contribution is -2.29. The number of carbonyl (C=O) groups is 2. The van der Waals surface area contributed by atoms with Crippen LogP contribution in [-0.4, -0.2) is 11.8 Å². The molecule has 0 unspecified atom stereocenters. The second-order valence-electron chi connectivity index (χ2n) is 4.92. The Kier molecular flexibility index (Phi) is 5.55. The van der Waals surface area contributed by atoms with E-state index in [1.165, 1.54) is 6.92 Å². The highest BCUT2D eigenvalue weighted by molar-refractivity contribution is 6.30. The predicted octanol–water partition coefficient (Wildman–Crippen LogP) is 3.55. The lowest BCUT2D eigenvalue weighted by Gasteiger charge is -2.18. The number of amides is 2. The molecule has 22 heavy (non-hydrogen) atoms. The van der Waals surface area contributed by atoms with Crippen molar-refractivity contribution < 1.29 is 9.59 Å². The summed E-state index contributed by atoms with van der Waals surface area (Å²) in [6.45, 7) is 1.44. The van der Waals surface area contributed by atoms with E-state index in [0.717, 1.165) is 5.56 Å². The molecule has 0 fully saturated rings. The van der Waals surface area contributed by atoms with Crippen molar-refractivity contribution in [3.05, 3.63) is 65.2 Å². The Morgan fingerprint density at radius 3 is 2.27 bits per heavy atom. The maximum atomic E-state index is 12.2. The fraction of sp³-hybridized carbons (Fsp3) is 0.176. The number of nitrogens with one attached hydrogen (secondary N) is 2. The predicted molar refractivity (Wildman–Crippen MR) is 87.7 cm³/mol. The van der Waals surface area contributed by atoms with Crippen LogP contribution in [0.4, 0.5) is 5.69 Å². The first kappa shape index (κ1) is 16.0. The second-order valence-corrected chi connectivity index (χ2v) is 5.36. The molecule has 0 aliphatic heterocycles. The minimum absolute atomic E-state index is 0.159. The third-order valence-corrected chi connectivity index (χ3v) is 3.35. The van der Waals surface area contributed by atoms with Crippen LogP contribution in [-0.2, 0) is 9.59 Å². The zero-order valence-corrected chi connectivity index (χ0v) is 12.9. The van der Waals surface area contributed by atoms with Crippen molar-refractivity contribution in [3.63, 3.8) is 0 Å². The van der Waals surface area contributed by atoms with E-state index < -0.39 is 0 Å². The summed E-state index contributed by atoms with van der Waals surface area (Å²) in [5.41, 5.74) is 1.56. The zero-order chi connectivity index (χ0) is 15.9. The van der Waals surface area contributed by atoms with Gasteiger partial charge in [0, 0.05) is 17.6 Å². The first-order chi connectivity index (χ1) is 10.5. The molecule has 2 aromatic carbocycles. The van der Waals surface area contributed by atoms with Gasteiger partial charge in [0.1, 0.15) is 0 Å². The molecule has 0 aliphatic carbocycles. The number of hydrogen-bond acceptors (Lipinski definition) is 2. The van der Waals surface area contributed by atoms with Crippen LogP contribution < -0.4 is 10.6 Å². The Labute approximate surface area is 134 Å². The quantitative estimate of drug-likeness (QED) is 0.886. The summed E-state index contributed by atoms with van der Waals surface area (Å²) in [5, 5.41) is 6.20. The van der Waals surface area contributed by atoms with Gasteiger partial charge in [-0.2, -0.15) is 0 Å². The third kappa shape index (κ3) is 4.90. The van der Waals surface area contributed by atoms with Crippen LogP contribution in [0.15, 0.2) is 54.6 Å². The molecule has 0 bridgehead atoms. The van der Waals surface area contributed by atoms with E-state index in [-0.39, 0.29) is 24.3 Å². The van der Waals surface area contributed by atoms with Gasteiger partial charge in [0.2, 0.25) is 11.8 Å². The molecule has 5 heteroatoms. The molecule has 114 valence electrons. The lowest BCUT2D eigenvalue weighted by molar-refractivity contribution is -0.120. The van der Waals surface area contributed by atoms with Crippen LogP contribution in [0.1, 0.15) is 24.9 Å². The molecule has 2 rings (SSSR count). The molecule has 0 aromatic heterocycles. The van der Waals surface area contributed by atoms with Crippen molar-refractivity contribution in [3.8, 4) is 0 Å². The SMILES string of the molecule is CC(=O)N[C@H](CC(=O)Nc1ccc(Cl)cc1)c1ccccc1. The molecule has 1 atom stereocenters. The summed E-state index contributed by atoms with van der Waals surface area (Å²) in [4.78, 5) is 23.5. The molecule has 0 radical (unpaired) electrons. The molecule has 2 aromatic rings. The van der Waals surface area contributed by atoms with Crippen LogP contribution in [0.3, 0.4) is 0 Å². The summed E-state index contributed by atoms with van der Waals surface area (Å²) in [7, 11) is 0. The topological polar surface area (TPSA) is 58.2 Å². The van der Waals surface area contributed by atoms with E-state index in [2.05, 4.69) is 10.6 Å². The fourth-order valence-electron chi connectivity index (χ4n) is 2.11. The van der Waals surface area contributed by atoms with E-state index in [0.29, 0.717) is 10.7 Å². The van der Waals surface area contributed by atoms with Crippen molar-refractivity contribution in [2.24, 2.45) is 0 Å². The molecular formula is C17H17ClN2O2. The molecule has 0 saturated carbocycles. The monoisotopic (exact) mass is 316 g/mol. The highest BCUT2D eigenvalue weighted by Gasteiger charge is 2.16. The summed E-state index contributed by atoms with van der Waals surface area (Å²) in [6.07, 6.45) is 0.159. The van der Waals surface area contributed by atoms with Gasteiger partial charge in [-0.1, -0.05) is 41.9 Å². The molecular weight excluding hydrogens is 300 g/mol. The van der Waals surface area contributed by atoms with Crippen LogP contribution >= 0.6 is 11.6 Å². The van der Waals surface area contributed by atoms with Crippen molar-refractivity contribution >= 4 is 29.1 Å². The molecule has 0 saturated heterocycles. The van der Waals surface area contributed by atoms with Gasteiger partial charge < -0.3 is 10.6 Å². The highest BCUT2D eigenvalue weighted by Crippen LogP contribution is 2.18. The Balaban J connectivity index is 2.04. The van der Waals surface area contributed by atoms with E-state index in [4.69, 9.17) is 11.6 Å². The average molecular weight is 317 g/mol. The summed E-state index contributed by atoms with van der Waals surface area (Å²) in [6, 6.07) is 15.9. The highest BCUT2D eigenvalue weighted by atomic mass is 35.5. The average Bonchev–Trinajstić information content (AvgIpc) is 2.49.